The fourth-order valence-electron chi connectivity index (χ4n) is 3.30. The molecule has 1 aromatic carbocycles. The lowest BCUT2D eigenvalue weighted by molar-refractivity contribution is -0.129. The van der Waals surface area contributed by atoms with E-state index in [9.17, 15) is 18.0 Å². The largest absolute Gasteiger partial charge is 0.348 e. The number of sulfone groups is 1. The fraction of sp³-hybridized carbons (Fsp3) is 0.556. The monoisotopic (exact) mass is 366 g/mol. The van der Waals surface area contributed by atoms with E-state index < -0.39 is 15.9 Å². The Morgan fingerprint density at radius 2 is 1.64 bits per heavy atom. The van der Waals surface area contributed by atoms with Crippen molar-refractivity contribution in [2.75, 3.05) is 6.26 Å². The van der Waals surface area contributed by atoms with Crippen LogP contribution < -0.4 is 10.6 Å². The molecule has 0 spiro atoms. The van der Waals surface area contributed by atoms with Gasteiger partial charge in [0, 0.05) is 13.2 Å². The second-order valence-electron chi connectivity index (χ2n) is 6.79. The summed E-state index contributed by atoms with van der Waals surface area (Å²) >= 11 is 0. The van der Waals surface area contributed by atoms with Crippen LogP contribution in [0.1, 0.15) is 51.1 Å². The molecule has 0 aromatic heterocycles. The molecular weight excluding hydrogens is 340 g/mol. The van der Waals surface area contributed by atoms with Crippen molar-refractivity contribution in [2.24, 2.45) is 5.92 Å². The van der Waals surface area contributed by atoms with E-state index in [1.54, 1.807) is 12.1 Å². The highest BCUT2D eigenvalue weighted by Crippen LogP contribution is 2.28. The molecule has 2 unspecified atom stereocenters. The zero-order valence-corrected chi connectivity index (χ0v) is 15.7. The third-order valence-corrected chi connectivity index (χ3v) is 5.81. The minimum atomic E-state index is -3.24. The van der Waals surface area contributed by atoms with Gasteiger partial charge in [-0.15, -0.1) is 0 Å². The first-order valence-corrected chi connectivity index (χ1v) is 10.4. The highest BCUT2D eigenvalue weighted by atomic mass is 32.2. The Hall–Kier alpha value is -1.89. The molecule has 2 N–H and O–H groups in total. The fourth-order valence-corrected chi connectivity index (χ4v) is 3.93. The molecule has 1 aliphatic carbocycles. The third-order valence-electron chi connectivity index (χ3n) is 4.68. The Morgan fingerprint density at radius 3 is 2.12 bits per heavy atom. The van der Waals surface area contributed by atoms with Gasteiger partial charge in [0.25, 0.3) is 0 Å². The molecule has 0 heterocycles. The smallest absolute Gasteiger partial charge is 0.243 e. The molecule has 0 saturated heterocycles. The van der Waals surface area contributed by atoms with E-state index in [1.807, 2.05) is 6.92 Å². The molecule has 2 rings (SSSR count). The first kappa shape index (κ1) is 19.4. The van der Waals surface area contributed by atoms with Crippen LogP contribution in [0, 0.1) is 5.92 Å². The van der Waals surface area contributed by atoms with Gasteiger partial charge in [0.15, 0.2) is 9.84 Å². The minimum Gasteiger partial charge on any atom is -0.348 e. The van der Waals surface area contributed by atoms with E-state index in [0.29, 0.717) is 0 Å². The van der Waals surface area contributed by atoms with Gasteiger partial charge in [0.05, 0.1) is 10.9 Å². The first-order valence-electron chi connectivity index (χ1n) is 8.56. The van der Waals surface area contributed by atoms with Crippen LogP contribution >= 0.6 is 0 Å². The van der Waals surface area contributed by atoms with E-state index in [-0.39, 0.29) is 28.7 Å². The number of hydrogen-bond donors (Lipinski definition) is 2. The summed E-state index contributed by atoms with van der Waals surface area (Å²) in [6.45, 7) is 3.26. The van der Waals surface area contributed by atoms with Gasteiger partial charge in [0.2, 0.25) is 11.8 Å². The van der Waals surface area contributed by atoms with Gasteiger partial charge < -0.3 is 10.6 Å². The number of carbonyl (C=O) groups excluding carboxylic acids is 2. The number of carbonyl (C=O) groups is 2. The number of rotatable bonds is 6. The lowest BCUT2D eigenvalue weighted by Gasteiger charge is -2.25. The van der Waals surface area contributed by atoms with Gasteiger partial charge in [-0.2, -0.15) is 0 Å². The molecule has 1 saturated carbocycles. The van der Waals surface area contributed by atoms with Crippen molar-refractivity contribution in [3.63, 3.8) is 0 Å². The van der Waals surface area contributed by atoms with Crippen LogP contribution in [0.2, 0.25) is 0 Å². The summed E-state index contributed by atoms with van der Waals surface area (Å²) in [6, 6.07) is 5.68. The van der Waals surface area contributed by atoms with Crippen LogP contribution in [0.4, 0.5) is 0 Å². The minimum absolute atomic E-state index is 0.170. The van der Waals surface area contributed by atoms with Crippen molar-refractivity contribution in [3.8, 4) is 0 Å². The second-order valence-corrected chi connectivity index (χ2v) is 8.81. The van der Waals surface area contributed by atoms with Crippen LogP contribution in [0.15, 0.2) is 29.2 Å². The summed E-state index contributed by atoms with van der Waals surface area (Å²) in [5, 5.41) is 5.71. The normalized spacial score (nSPS) is 17.7. The summed E-state index contributed by atoms with van der Waals surface area (Å²) in [6.07, 6.45) is 5.20. The summed E-state index contributed by atoms with van der Waals surface area (Å²) in [5.74, 6) is -0.234. The first-order chi connectivity index (χ1) is 11.7. The topological polar surface area (TPSA) is 92.3 Å². The molecule has 0 aliphatic heterocycles. The SMILES string of the molecule is CC(=O)NC(C(=O)NC(C)c1ccc(S(C)(=O)=O)cc1)C1CCCC1. The average Bonchev–Trinajstić information content (AvgIpc) is 3.05. The third kappa shape index (κ3) is 5.29. The number of nitrogens with one attached hydrogen (secondary N) is 2. The van der Waals surface area contributed by atoms with Crippen molar-refractivity contribution in [3.05, 3.63) is 29.8 Å². The van der Waals surface area contributed by atoms with Crippen molar-refractivity contribution in [1.29, 1.82) is 0 Å². The maximum absolute atomic E-state index is 12.7. The molecule has 1 aliphatic rings. The van der Waals surface area contributed by atoms with Gasteiger partial charge in [-0.05, 0) is 43.4 Å². The molecule has 2 amide bonds. The van der Waals surface area contributed by atoms with Gasteiger partial charge >= 0.3 is 0 Å². The molecule has 7 heteroatoms. The molecule has 0 bridgehead atoms. The Kier molecular flexibility index (Phi) is 6.21. The maximum Gasteiger partial charge on any atom is 0.243 e. The molecule has 1 fully saturated rings. The van der Waals surface area contributed by atoms with Crippen LogP contribution in [0.25, 0.3) is 0 Å². The van der Waals surface area contributed by atoms with E-state index in [0.717, 1.165) is 37.5 Å². The summed E-state index contributed by atoms with van der Waals surface area (Å²) in [4.78, 5) is 24.4. The van der Waals surface area contributed by atoms with Gasteiger partial charge in [-0.25, -0.2) is 8.42 Å². The summed E-state index contributed by atoms with van der Waals surface area (Å²) in [5.41, 5.74) is 0.814. The Balaban J connectivity index is 2.07. The number of amides is 2. The van der Waals surface area contributed by atoms with E-state index in [2.05, 4.69) is 10.6 Å². The highest BCUT2D eigenvalue weighted by Gasteiger charge is 2.31. The molecule has 138 valence electrons. The Bertz CT molecular complexity index is 722. The van der Waals surface area contributed by atoms with Crippen LogP contribution in [-0.2, 0) is 19.4 Å². The molecule has 1 aromatic rings. The van der Waals surface area contributed by atoms with Crippen LogP contribution in [0.5, 0.6) is 0 Å². The Morgan fingerprint density at radius 1 is 1.08 bits per heavy atom. The van der Waals surface area contributed by atoms with Crippen LogP contribution in [0.3, 0.4) is 0 Å². The molecule has 6 nitrogen and oxygen atoms in total. The van der Waals surface area contributed by atoms with Crippen molar-refractivity contribution in [1.82, 2.24) is 10.6 Å². The predicted molar refractivity (Wildman–Crippen MR) is 95.7 cm³/mol. The zero-order chi connectivity index (χ0) is 18.6. The molecular formula is C18H26N2O4S. The summed E-state index contributed by atoms with van der Waals surface area (Å²) in [7, 11) is -3.24. The van der Waals surface area contributed by atoms with Gasteiger partial charge in [0.1, 0.15) is 6.04 Å². The lowest BCUT2D eigenvalue weighted by atomic mass is 9.96. The van der Waals surface area contributed by atoms with Gasteiger partial charge in [-0.1, -0.05) is 25.0 Å². The molecule has 2 atom stereocenters. The van der Waals surface area contributed by atoms with E-state index in [1.165, 1.54) is 19.1 Å². The molecule has 25 heavy (non-hydrogen) atoms. The van der Waals surface area contributed by atoms with Gasteiger partial charge in [-0.3, -0.25) is 9.59 Å². The van der Waals surface area contributed by atoms with Crippen molar-refractivity contribution >= 4 is 21.7 Å². The maximum atomic E-state index is 12.7. The predicted octanol–water partition coefficient (Wildman–Crippen LogP) is 1.96. The number of benzene rings is 1. The molecule has 0 radical (unpaired) electrons. The standard InChI is InChI=1S/C18H26N2O4S/c1-12(14-8-10-16(11-9-14)25(3,23)24)19-18(22)17(20-13(2)21)15-6-4-5-7-15/h8-12,15,17H,4-7H2,1-3H3,(H,19,22)(H,20,21). The lowest BCUT2D eigenvalue weighted by Crippen LogP contribution is -2.50. The van der Waals surface area contributed by atoms with Crippen LogP contribution in [-0.4, -0.2) is 32.5 Å². The van der Waals surface area contributed by atoms with Crippen molar-refractivity contribution < 1.29 is 18.0 Å². The number of hydrogen-bond acceptors (Lipinski definition) is 4. The van der Waals surface area contributed by atoms with E-state index in [4.69, 9.17) is 0 Å². The average molecular weight is 366 g/mol. The summed E-state index contributed by atoms with van der Waals surface area (Å²) < 4.78 is 23.0. The van der Waals surface area contributed by atoms with Crippen molar-refractivity contribution in [2.45, 2.75) is 56.5 Å². The zero-order valence-electron chi connectivity index (χ0n) is 14.9. The highest BCUT2D eigenvalue weighted by molar-refractivity contribution is 7.90. The van der Waals surface area contributed by atoms with E-state index >= 15 is 0 Å². The quantitative estimate of drug-likeness (QED) is 0.805. The Labute approximate surface area is 149 Å². The second kappa shape index (κ2) is 7.99.